The Bertz CT molecular complexity index is 1090. The summed E-state index contributed by atoms with van der Waals surface area (Å²) < 4.78 is 11.1. The molecule has 130 valence electrons. The second-order valence-corrected chi connectivity index (χ2v) is 6.70. The Morgan fingerprint density at radius 1 is 1.27 bits per heavy atom. The summed E-state index contributed by atoms with van der Waals surface area (Å²) in [4.78, 5) is 31.6. The number of methoxy groups -OCH3 is 1. The van der Waals surface area contributed by atoms with Crippen LogP contribution >= 0.6 is 23.4 Å². The molecule has 4 rings (SSSR count). The number of hydrogen-bond donors (Lipinski definition) is 1. The quantitative estimate of drug-likeness (QED) is 0.538. The number of pyridine rings is 2. The normalized spacial score (nSPS) is 15.7. The van der Waals surface area contributed by atoms with Gasteiger partial charge >= 0.3 is 0 Å². The van der Waals surface area contributed by atoms with Crippen LogP contribution in [0.25, 0.3) is 28.2 Å². The lowest BCUT2D eigenvalue weighted by molar-refractivity contribution is -0.115. The second-order valence-electron chi connectivity index (χ2n) is 5.32. The summed E-state index contributed by atoms with van der Waals surface area (Å²) in [5, 5.41) is 2.81. The Morgan fingerprint density at radius 3 is 2.85 bits per heavy atom. The van der Waals surface area contributed by atoms with E-state index in [-0.39, 0.29) is 10.1 Å². The zero-order valence-corrected chi connectivity index (χ0v) is 14.9. The number of amides is 2. The molecule has 0 saturated carbocycles. The van der Waals surface area contributed by atoms with E-state index in [1.165, 1.54) is 13.2 Å². The van der Waals surface area contributed by atoms with Gasteiger partial charge in [-0.25, -0.2) is 4.98 Å². The van der Waals surface area contributed by atoms with E-state index in [1.54, 1.807) is 30.7 Å². The molecule has 26 heavy (non-hydrogen) atoms. The van der Waals surface area contributed by atoms with Gasteiger partial charge in [0.1, 0.15) is 11.3 Å². The Morgan fingerprint density at radius 2 is 2.12 bits per heavy atom. The molecular weight excluding hydrogens is 378 g/mol. The fourth-order valence-electron chi connectivity index (χ4n) is 2.53. The van der Waals surface area contributed by atoms with E-state index in [2.05, 4.69) is 15.3 Å². The number of fused-ring (bicyclic) bond motifs is 1. The highest BCUT2D eigenvalue weighted by atomic mass is 35.5. The van der Waals surface area contributed by atoms with E-state index in [9.17, 15) is 9.59 Å². The standard InChI is InChI=1S/C17H10ClN3O4S/c1-24-12-3-8(6-20-15(12)18)11-7-19-5-9-2-10(25-14(9)11)4-13-16(22)21-17(23)26-13/h2-7H,1H3,(H,21,22,23). The Kier molecular flexibility index (Phi) is 4.14. The number of nitrogens with one attached hydrogen (secondary N) is 1. The van der Waals surface area contributed by atoms with Crippen LogP contribution in [-0.4, -0.2) is 28.2 Å². The average molecular weight is 388 g/mol. The maximum atomic E-state index is 11.7. The molecule has 0 radical (unpaired) electrons. The lowest BCUT2D eigenvalue weighted by Crippen LogP contribution is -2.17. The molecule has 9 heteroatoms. The molecule has 0 spiro atoms. The molecule has 0 bridgehead atoms. The number of ether oxygens (including phenoxy) is 1. The minimum absolute atomic E-state index is 0.259. The second kappa shape index (κ2) is 6.47. The molecule has 0 unspecified atom stereocenters. The molecule has 1 aliphatic heterocycles. The lowest BCUT2D eigenvalue weighted by Gasteiger charge is -2.06. The number of carbonyl (C=O) groups is 2. The third kappa shape index (κ3) is 2.93. The van der Waals surface area contributed by atoms with Gasteiger partial charge in [-0.2, -0.15) is 0 Å². The Hall–Kier alpha value is -2.84. The van der Waals surface area contributed by atoms with Crippen molar-refractivity contribution in [2.75, 3.05) is 7.11 Å². The fourth-order valence-corrected chi connectivity index (χ4v) is 3.37. The number of rotatable bonds is 3. The summed E-state index contributed by atoms with van der Waals surface area (Å²) in [6.45, 7) is 0. The summed E-state index contributed by atoms with van der Waals surface area (Å²) in [5.41, 5.74) is 2.00. The molecule has 0 atom stereocenters. The molecule has 0 aliphatic carbocycles. The van der Waals surface area contributed by atoms with Gasteiger partial charge in [-0.05, 0) is 23.9 Å². The van der Waals surface area contributed by atoms with Crippen molar-refractivity contribution in [1.29, 1.82) is 0 Å². The molecular formula is C17H10ClN3O4S. The van der Waals surface area contributed by atoms with Gasteiger partial charge in [0, 0.05) is 41.2 Å². The number of nitrogens with zero attached hydrogens (tertiary/aromatic N) is 2. The van der Waals surface area contributed by atoms with Crippen LogP contribution in [0.4, 0.5) is 4.79 Å². The van der Waals surface area contributed by atoms with Crippen molar-refractivity contribution in [3.05, 3.63) is 46.5 Å². The van der Waals surface area contributed by atoms with Crippen LogP contribution in [0.2, 0.25) is 5.15 Å². The number of halogens is 1. The number of aromatic nitrogens is 2. The SMILES string of the molecule is COc1cc(-c2cncc3cc(C=C4SC(=O)NC4=O)oc23)cnc1Cl. The first-order chi connectivity index (χ1) is 12.5. The van der Waals surface area contributed by atoms with Crippen molar-refractivity contribution in [2.24, 2.45) is 0 Å². The fraction of sp³-hybridized carbons (Fsp3) is 0.0588. The summed E-state index contributed by atoms with van der Waals surface area (Å²) in [6.07, 6.45) is 6.42. The molecule has 1 saturated heterocycles. The molecule has 0 aromatic carbocycles. The van der Waals surface area contributed by atoms with Crippen LogP contribution in [0.5, 0.6) is 5.75 Å². The highest BCUT2D eigenvalue weighted by Gasteiger charge is 2.25. The maximum absolute atomic E-state index is 11.7. The summed E-state index contributed by atoms with van der Waals surface area (Å²) >= 11 is 6.81. The molecule has 2 amide bonds. The number of imide groups is 1. The third-order valence-electron chi connectivity index (χ3n) is 3.69. The minimum Gasteiger partial charge on any atom is -0.494 e. The highest BCUT2D eigenvalue weighted by molar-refractivity contribution is 8.18. The molecule has 1 aliphatic rings. The summed E-state index contributed by atoms with van der Waals surface area (Å²) in [7, 11) is 1.51. The predicted molar refractivity (Wildman–Crippen MR) is 97.9 cm³/mol. The van der Waals surface area contributed by atoms with E-state index >= 15 is 0 Å². The van der Waals surface area contributed by atoms with Gasteiger partial charge in [0.2, 0.25) is 0 Å². The molecule has 1 N–H and O–H groups in total. The molecule has 3 aromatic heterocycles. The third-order valence-corrected chi connectivity index (χ3v) is 4.79. The number of hydrogen-bond acceptors (Lipinski definition) is 7. The zero-order chi connectivity index (χ0) is 18.3. The summed E-state index contributed by atoms with van der Waals surface area (Å²) in [6, 6.07) is 3.49. The Balaban J connectivity index is 1.81. The molecule has 3 aromatic rings. The van der Waals surface area contributed by atoms with Gasteiger partial charge in [-0.15, -0.1) is 0 Å². The smallest absolute Gasteiger partial charge is 0.290 e. The topological polar surface area (TPSA) is 94.3 Å². The maximum Gasteiger partial charge on any atom is 0.290 e. The largest absolute Gasteiger partial charge is 0.494 e. The van der Waals surface area contributed by atoms with Gasteiger partial charge in [0.15, 0.2) is 10.9 Å². The van der Waals surface area contributed by atoms with Crippen molar-refractivity contribution >= 4 is 51.6 Å². The van der Waals surface area contributed by atoms with Gasteiger partial charge < -0.3 is 9.15 Å². The zero-order valence-electron chi connectivity index (χ0n) is 13.3. The van der Waals surface area contributed by atoms with E-state index < -0.39 is 11.1 Å². The first-order valence-electron chi connectivity index (χ1n) is 7.37. The van der Waals surface area contributed by atoms with E-state index in [0.717, 1.165) is 22.7 Å². The molecule has 4 heterocycles. The van der Waals surface area contributed by atoms with Crippen molar-refractivity contribution in [1.82, 2.24) is 15.3 Å². The summed E-state index contributed by atoms with van der Waals surface area (Å²) in [5.74, 6) is 0.438. The van der Waals surface area contributed by atoms with E-state index in [0.29, 0.717) is 22.7 Å². The monoisotopic (exact) mass is 387 g/mol. The van der Waals surface area contributed by atoms with Crippen LogP contribution in [0, 0.1) is 0 Å². The van der Waals surface area contributed by atoms with Crippen LogP contribution < -0.4 is 10.1 Å². The predicted octanol–water partition coefficient (Wildman–Crippen LogP) is 3.88. The van der Waals surface area contributed by atoms with Crippen LogP contribution in [0.15, 0.2) is 40.0 Å². The van der Waals surface area contributed by atoms with Crippen molar-refractivity contribution in [3.63, 3.8) is 0 Å². The first kappa shape index (κ1) is 16.6. The number of thioether (sulfide) groups is 1. The van der Waals surface area contributed by atoms with Gasteiger partial charge in [-0.3, -0.25) is 19.9 Å². The number of carbonyl (C=O) groups excluding carboxylic acids is 2. The average Bonchev–Trinajstić information content (AvgIpc) is 3.17. The van der Waals surface area contributed by atoms with Crippen molar-refractivity contribution in [2.45, 2.75) is 0 Å². The molecule has 7 nitrogen and oxygen atoms in total. The van der Waals surface area contributed by atoms with Crippen LogP contribution in [0.3, 0.4) is 0 Å². The van der Waals surface area contributed by atoms with Gasteiger partial charge in [0.05, 0.1) is 12.0 Å². The number of furan rings is 1. The first-order valence-corrected chi connectivity index (χ1v) is 8.57. The van der Waals surface area contributed by atoms with Crippen LogP contribution in [0.1, 0.15) is 5.76 Å². The van der Waals surface area contributed by atoms with Crippen molar-refractivity contribution in [3.8, 4) is 16.9 Å². The van der Waals surface area contributed by atoms with Gasteiger partial charge in [0.25, 0.3) is 11.1 Å². The van der Waals surface area contributed by atoms with E-state index in [1.807, 2.05) is 0 Å². The van der Waals surface area contributed by atoms with Gasteiger partial charge in [-0.1, -0.05) is 11.6 Å². The van der Waals surface area contributed by atoms with Crippen LogP contribution in [-0.2, 0) is 4.79 Å². The Labute approximate surface area is 156 Å². The minimum atomic E-state index is -0.439. The van der Waals surface area contributed by atoms with E-state index in [4.69, 9.17) is 20.8 Å². The molecule has 1 fully saturated rings. The van der Waals surface area contributed by atoms with Crippen molar-refractivity contribution < 1.29 is 18.7 Å². The lowest BCUT2D eigenvalue weighted by atomic mass is 10.1. The highest BCUT2D eigenvalue weighted by Crippen LogP contribution is 2.34.